The third-order valence-electron chi connectivity index (χ3n) is 9.45. The van der Waals surface area contributed by atoms with Crippen molar-refractivity contribution in [2.24, 2.45) is 0 Å². The molecule has 0 saturated heterocycles. The fourth-order valence-corrected chi connectivity index (χ4v) is 5.84. The minimum atomic E-state index is -0.851. The van der Waals surface area contributed by atoms with Gasteiger partial charge in [-0.3, -0.25) is 14.4 Å². The van der Waals surface area contributed by atoms with Crippen molar-refractivity contribution in [1.82, 2.24) is 0 Å². The number of esters is 3. The molecule has 0 heterocycles. The van der Waals surface area contributed by atoms with Crippen molar-refractivity contribution in [3.63, 3.8) is 0 Å². The van der Waals surface area contributed by atoms with Gasteiger partial charge in [0.1, 0.15) is 13.2 Å². The molecule has 0 radical (unpaired) electrons. The van der Waals surface area contributed by atoms with Crippen LogP contribution in [0.4, 0.5) is 0 Å². The Balaban J connectivity index is 4.66. The molecule has 0 saturated carbocycles. The van der Waals surface area contributed by atoms with Gasteiger partial charge in [-0.1, -0.05) is 205 Å². The lowest BCUT2D eigenvalue weighted by Gasteiger charge is -2.18. The number of ether oxygens (including phenoxy) is 3. The van der Waals surface area contributed by atoms with Crippen molar-refractivity contribution in [2.75, 3.05) is 13.2 Å². The van der Waals surface area contributed by atoms with Crippen molar-refractivity contribution in [2.45, 2.75) is 181 Å². The van der Waals surface area contributed by atoms with Crippen LogP contribution < -0.4 is 0 Å². The lowest BCUT2D eigenvalue weighted by Crippen LogP contribution is -2.30. The fourth-order valence-electron chi connectivity index (χ4n) is 5.84. The van der Waals surface area contributed by atoms with Gasteiger partial charge in [-0.2, -0.15) is 0 Å². The van der Waals surface area contributed by atoms with Crippen LogP contribution in [0.5, 0.6) is 0 Å². The number of allylic oxidation sites excluding steroid dienone is 24. The average molecular weight is 867 g/mol. The first kappa shape index (κ1) is 58.3. The summed E-state index contributed by atoms with van der Waals surface area (Å²) in [5, 5.41) is 0. The summed E-state index contributed by atoms with van der Waals surface area (Å²) in [5.74, 6) is -1.13. The predicted molar refractivity (Wildman–Crippen MR) is 269 cm³/mol. The molecule has 0 N–H and O–H groups in total. The molecular weight excluding hydrogens is 781 g/mol. The molecule has 0 aromatic heterocycles. The number of carbonyl (C=O) groups is 3. The van der Waals surface area contributed by atoms with Gasteiger partial charge in [0.2, 0.25) is 0 Å². The van der Waals surface area contributed by atoms with Gasteiger partial charge >= 0.3 is 17.9 Å². The van der Waals surface area contributed by atoms with Gasteiger partial charge < -0.3 is 14.2 Å². The highest BCUT2D eigenvalue weighted by Gasteiger charge is 2.19. The molecule has 0 aromatic carbocycles. The topological polar surface area (TPSA) is 78.9 Å². The fraction of sp³-hybridized carbons (Fsp3) is 0.526. The molecular formula is C57H86O6. The van der Waals surface area contributed by atoms with E-state index in [0.717, 1.165) is 77.0 Å². The largest absolute Gasteiger partial charge is 0.462 e. The normalized spacial score (nSPS) is 13.4. The van der Waals surface area contributed by atoms with E-state index in [9.17, 15) is 14.4 Å². The van der Waals surface area contributed by atoms with E-state index in [0.29, 0.717) is 19.3 Å². The van der Waals surface area contributed by atoms with Gasteiger partial charge in [0.05, 0.1) is 0 Å². The molecule has 6 heteroatoms. The zero-order valence-corrected chi connectivity index (χ0v) is 39.8. The summed E-state index contributed by atoms with van der Waals surface area (Å²) in [7, 11) is 0. The Bertz CT molecular complexity index is 1460. The second-order valence-corrected chi connectivity index (χ2v) is 15.4. The van der Waals surface area contributed by atoms with E-state index in [1.54, 1.807) is 0 Å². The lowest BCUT2D eigenvalue weighted by molar-refractivity contribution is -0.166. The molecule has 0 rings (SSSR count). The summed E-state index contributed by atoms with van der Waals surface area (Å²) in [6, 6.07) is 0. The number of carbonyl (C=O) groups excluding carboxylic acids is 3. The van der Waals surface area contributed by atoms with Crippen LogP contribution >= 0.6 is 0 Å². The number of rotatable bonds is 41. The maximum atomic E-state index is 12.8. The summed E-state index contributed by atoms with van der Waals surface area (Å²) in [6.45, 7) is 6.20. The molecule has 1 unspecified atom stereocenters. The highest BCUT2D eigenvalue weighted by Crippen LogP contribution is 2.10. The van der Waals surface area contributed by atoms with Crippen molar-refractivity contribution < 1.29 is 28.6 Å². The van der Waals surface area contributed by atoms with E-state index in [-0.39, 0.29) is 50.4 Å². The van der Waals surface area contributed by atoms with Crippen LogP contribution in [0.15, 0.2) is 146 Å². The highest BCUT2D eigenvalue weighted by atomic mass is 16.6. The van der Waals surface area contributed by atoms with Crippen molar-refractivity contribution in [1.29, 1.82) is 0 Å². The van der Waals surface area contributed by atoms with Gasteiger partial charge in [0.15, 0.2) is 6.10 Å². The zero-order chi connectivity index (χ0) is 45.8. The Morgan fingerprint density at radius 2 is 0.746 bits per heavy atom. The number of unbranched alkanes of at least 4 members (excludes halogenated alkanes) is 10. The maximum absolute atomic E-state index is 12.8. The summed E-state index contributed by atoms with van der Waals surface area (Å²) in [6.07, 6.45) is 71.3. The number of hydrogen-bond acceptors (Lipinski definition) is 6. The third-order valence-corrected chi connectivity index (χ3v) is 9.45. The summed E-state index contributed by atoms with van der Waals surface area (Å²) < 4.78 is 16.6. The average Bonchev–Trinajstić information content (AvgIpc) is 3.28. The molecule has 0 bridgehead atoms. The summed E-state index contributed by atoms with van der Waals surface area (Å²) in [5.41, 5.74) is 0. The smallest absolute Gasteiger partial charge is 0.306 e. The Hall–Kier alpha value is -4.71. The quantitative estimate of drug-likeness (QED) is 0.0200. The van der Waals surface area contributed by atoms with Crippen LogP contribution in [-0.4, -0.2) is 37.2 Å². The Morgan fingerprint density at radius 1 is 0.349 bits per heavy atom. The van der Waals surface area contributed by atoms with Crippen molar-refractivity contribution in [3.05, 3.63) is 146 Å². The maximum Gasteiger partial charge on any atom is 0.306 e. The minimum Gasteiger partial charge on any atom is -0.462 e. The van der Waals surface area contributed by atoms with Crippen LogP contribution in [0.2, 0.25) is 0 Å². The molecule has 0 aromatic rings. The van der Waals surface area contributed by atoms with E-state index in [1.165, 1.54) is 38.5 Å². The highest BCUT2D eigenvalue weighted by molar-refractivity contribution is 5.71. The molecule has 1 atom stereocenters. The zero-order valence-electron chi connectivity index (χ0n) is 39.8. The van der Waals surface area contributed by atoms with Crippen LogP contribution in [0.1, 0.15) is 175 Å². The first-order valence-electron chi connectivity index (χ1n) is 24.4. The van der Waals surface area contributed by atoms with Gasteiger partial charge in [0, 0.05) is 19.3 Å². The molecule has 0 amide bonds. The minimum absolute atomic E-state index is 0.149. The van der Waals surface area contributed by atoms with Crippen LogP contribution in [0.25, 0.3) is 0 Å². The van der Waals surface area contributed by atoms with E-state index < -0.39 is 6.10 Å². The van der Waals surface area contributed by atoms with E-state index >= 15 is 0 Å². The van der Waals surface area contributed by atoms with E-state index in [4.69, 9.17) is 14.2 Å². The molecule has 0 aliphatic rings. The first-order valence-corrected chi connectivity index (χ1v) is 24.4. The van der Waals surface area contributed by atoms with Gasteiger partial charge in [-0.05, 0) is 96.3 Å². The van der Waals surface area contributed by atoms with E-state index in [2.05, 4.69) is 112 Å². The van der Waals surface area contributed by atoms with Gasteiger partial charge in [-0.15, -0.1) is 0 Å². The predicted octanol–water partition coefficient (Wildman–Crippen LogP) is 16.1. The summed E-state index contributed by atoms with van der Waals surface area (Å²) in [4.78, 5) is 37.8. The van der Waals surface area contributed by atoms with Crippen molar-refractivity contribution >= 4 is 17.9 Å². The molecule has 63 heavy (non-hydrogen) atoms. The van der Waals surface area contributed by atoms with Crippen LogP contribution in [0, 0.1) is 0 Å². The molecule has 0 aliphatic heterocycles. The van der Waals surface area contributed by atoms with E-state index in [1.807, 2.05) is 54.7 Å². The SMILES string of the molecule is CC\C=C/C=C\C=C/C=C\C=C/CCCCCC(=O)OC(COC(=O)CC/C=C\C/C=C\CCCCCCCC)COC(=O)CCC/C=C\C/C=C\C/C=C\C/C=C\C/C=C\CC. The molecule has 6 nitrogen and oxygen atoms in total. The third kappa shape index (κ3) is 48.2. The number of hydrogen-bond donors (Lipinski definition) is 0. The summed E-state index contributed by atoms with van der Waals surface area (Å²) >= 11 is 0. The monoisotopic (exact) mass is 867 g/mol. The van der Waals surface area contributed by atoms with Gasteiger partial charge in [0.25, 0.3) is 0 Å². The molecule has 0 aliphatic carbocycles. The van der Waals surface area contributed by atoms with Gasteiger partial charge in [-0.25, -0.2) is 0 Å². The van der Waals surface area contributed by atoms with Crippen LogP contribution in [-0.2, 0) is 28.6 Å². The standard InChI is InChI=1S/C57H86O6/c1-4-7-10-13-16-19-22-25-27-28-30-32-35-38-41-44-47-50-56(59)62-53-54(52-61-55(58)49-46-43-40-37-34-31-24-21-18-15-12-9-6-3)63-57(60)51-48-45-42-39-36-33-29-26-23-20-17-14-11-8-5-2/h7-8,10-11,14,16-17,19-20,23,25-27,29-34,36,38,40-41,43,54H,4-6,9,12-13,15,18,21-22,24,28,35,37,39,42,44-53H2,1-3H3/b10-7-,11-8-,17-14-,19-16-,23-20-,27-25-,29-26-,32-30-,34-31-,36-33-,41-38-,43-40-. The second-order valence-electron chi connectivity index (χ2n) is 15.4. The molecule has 0 spiro atoms. The Labute approximate surface area is 385 Å². The Kier molecular flexibility index (Phi) is 46.2. The second kappa shape index (κ2) is 49.9. The van der Waals surface area contributed by atoms with Crippen LogP contribution in [0.3, 0.4) is 0 Å². The molecule has 0 fully saturated rings. The molecule has 350 valence electrons. The van der Waals surface area contributed by atoms with Crippen molar-refractivity contribution in [3.8, 4) is 0 Å². The first-order chi connectivity index (χ1) is 31.0. The lowest BCUT2D eigenvalue weighted by atomic mass is 10.1. The Morgan fingerprint density at radius 3 is 1.30 bits per heavy atom.